The van der Waals surface area contributed by atoms with E-state index in [1.54, 1.807) is 31.8 Å². The van der Waals surface area contributed by atoms with E-state index < -0.39 is 0 Å². The molecule has 2 aromatic rings. The Morgan fingerprint density at radius 1 is 1.44 bits per heavy atom. The van der Waals surface area contributed by atoms with E-state index in [9.17, 15) is 4.79 Å². The Bertz CT molecular complexity index is 502. The fourth-order valence-corrected chi connectivity index (χ4v) is 1.35. The van der Waals surface area contributed by atoms with E-state index in [1.807, 2.05) is 0 Å². The average Bonchev–Trinajstić information content (AvgIpc) is 2.77. The van der Waals surface area contributed by atoms with Crippen LogP contribution in [-0.2, 0) is 13.5 Å². The lowest BCUT2D eigenvalue weighted by Gasteiger charge is -2.04. The number of aromatic nitrogens is 4. The summed E-state index contributed by atoms with van der Waals surface area (Å²) in [7, 11) is 1.70. The van der Waals surface area contributed by atoms with Crippen molar-refractivity contribution in [2.45, 2.75) is 6.42 Å². The second-order valence-electron chi connectivity index (χ2n) is 3.40. The summed E-state index contributed by atoms with van der Waals surface area (Å²) in [5.74, 6) is 1.26. The van der Waals surface area contributed by atoms with Crippen LogP contribution < -0.4 is 10.9 Å². The largest absolute Gasteiger partial charge is 0.365 e. The second-order valence-corrected chi connectivity index (χ2v) is 3.40. The van der Waals surface area contributed by atoms with Crippen molar-refractivity contribution < 1.29 is 0 Å². The molecule has 0 aliphatic carbocycles. The van der Waals surface area contributed by atoms with Crippen LogP contribution in [0.25, 0.3) is 0 Å². The third kappa shape index (κ3) is 2.28. The molecule has 0 aromatic carbocycles. The fraction of sp³-hybridized carbons (Fsp3) is 0.300. The molecule has 16 heavy (non-hydrogen) atoms. The number of aryl methyl sites for hydroxylation is 1. The number of nitrogens with zero attached hydrogens (tertiary/aromatic N) is 3. The molecule has 0 saturated heterocycles. The zero-order chi connectivity index (χ0) is 11.4. The molecule has 0 aliphatic heterocycles. The number of nitrogens with one attached hydrogen (secondary N) is 2. The molecule has 0 fully saturated rings. The van der Waals surface area contributed by atoms with Gasteiger partial charge in [0.2, 0.25) is 0 Å². The van der Waals surface area contributed by atoms with Crippen LogP contribution in [0.5, 0.6) is 0 Å². The number of anilines is 1. The number of aromatic amines is 1. The maximum absolute atomic E-state index is 11.6. The van der Waals surface area contributed by atoms with Crippen LogP contribution in [0, 0.1) is 0 Å². The molecule has 0 spiro atoms. The Kier molecular flexibility index (Phi) is 3.00. The highest BCUT2D eigenvalue weighted by atomic mass is 16.1. The first kappa shape index (κ1) is 10.4. The minimum absolute atomic E-state index is 0.123. The molecule has 0 bridgehead atoms. The van der Waals surface area contributed by atoms with E-state index in [-0.39, 0.29) is 5.56 Å². The van der Waals surface area contributed by atoms with Gasteiger partial charge >= 0.3 is 0 Å². The van der Waals surface area contributed by atoms with Crippen molar-refractivity contribution in [3.63, 3.8) is 0 Å². The summed E-state index contributed by atoms with van der Waals surface area (Å²) >= 11 is 0. The maximum atomic E-state index is 11.6. The number of hydrogen-bond donors (Lipinski definition) is 2. The summed E-state index contributed by atoms with van der Waals surface area (Å²) in [6.45, 7) is 0.625. The average molecular weight is 219 g/mol. The highest BCUT2D eigenvalue weighted by Crippen LogP contribution is 1.94. The van der Waals surface area contributed by atoms with Crippen molar-refractivity contribution in [1.29, 1.82) is 0 Å². The molecule has 0 aliphatic rings. The monoisotopic (exact) mass is 219 g/mol. The molecule has 2 heterocycles. The van der Waals surface area contributed by atoms with Gasteiger partial charge in [-0.15, -0.1) is 0 Å². The molecule has 0 atom stereocenters. The van der Waals surface area contributed by atoms with Gasteiger partial charge in [0.15, 0.2) is 5.82 Å². The molecule has 0 radical (unpaired) electrons. The topological polar surface area (TPSA) is 75.6 Å². The lowest BCUT2D eigenvalue weighted by molar-refractivity contribution is 0.834. The maximum Gasteiger partial charge on any atom is 0.293 e. The van der Waals surface area contributed by atoms with Crippen molar-refractivity contribution in [3.8, 4) is 0 Å². The molecule has 0 unspecified atom stereocenters. The predicted molar refractivity (Wildman–Crippen MR) is 60.3 cm³/mol. The fourth-order valence-electron chi connectivity index (χ4n) is 1.35. The van der Waals surface area contributed by atoms with Gasteiger partial charge in [0, 0.05) is 44.8 Å². The predicted octanol–water partition coefficient (Wildman–Crippen LogP) is 0.158. The summed E-state index contributed by atoms with van der Waals surface area (Å²) in [6, 6.07) is 0. The molecule has 0 saturated carbocycles. The Morgan fingerprint density at radius 2 is 2.31 bits per heavy atom. The first-order valence-corrected chi connectivity index (χ1v) is 5.01. The zero-order valence-electron chi connectivity index (χ0n) is 8.97. The molecule has 0 amide bonds. The van der Waals surface area contributed by atoms with Gasteiger partial charge in [-0.3, -0.25) is 4.79 Å². The van der Waals surface area contributed by atoms with Crippen LogP contribution in [0.1, 0.15) is 5.82 Å². The van der Waals surface area contributed by atoms with E-state index >= 15 is 0 Å². The van der Waals surface area contributed by atoms with Crippen molar-refractivity contribution in [2.24, 2.45) is 7.05 Å². The van der Waals surface area contributed by atoms with E-state index in [2.05, 4.69) is 20.3 Å². The summed E-state index contributed by atoms with van der Waals surface area (Å²) in [6.07, 6.45) is 7.42. The summed E-state index contributed by atoms with van der Waals surface area (Å²) in [4.78, 5) is 22.6. The van der Waals surface area contributed by atoms with Crippen LogP contribution in [-0.4, -0.2) is 26.1 Å². The van der Waals surface area contributed by atoms with Crippen LogP contribution in [0.3, 0.4) is 0 Å². The molecule has 84 valence electrons. The molecule has 6 nitrogen and oxygen atoms in total. The van der Waals surface area contributed by atoms with Gasteiger partial charge in [-0.25, -0.2) is 9.97 Å². The molecule has 6 heteroatoms. The summed E-state index contributed by atoms with van der Waals surface area (Å²) < 4.78 is 1.49. The third-order valence-electron chi connectivity index (χ3n) is 2.23. The van der Waals surface area contributed by atoms with Gasteiger partial charge in [-0.2, -0.15) is 0 Å². The number of imidazole rings is 1. The Hall–Kier alpha value is -2.11. The van der Waals surface area contributed by atoms with Crippen molar-refractivity contribution in [3.05, 3.63) is 41.0 Å². The highest BCUT2D eigenvalue weighted by Gasteiger charge is 2.01. The third-order valence-corrected chi connectivity index (χ3v) is 2.23. The van der Waals surface area contributed by atoms with Gasteiger partial charge in [0.25, 0.3) is 5.56 Å². The first-order chi connectivity index (χ1) is 7.77. The quantitative estimate of drug-likeness (QED) is 0.768. The van der Waals surface area contributed by atoms with Gasteiger partial charge < -0.3 is 14.9 Å². The molecular weight excluding hydrogens is 206 g/mol. The minimum Gasteiger partial charge on any atom is -0.365 e. The van der Waals surface area contributed by atoms with Crippen LogP contribution in [0.2, 0.25) is 0 Å². The zero-order valence-corrected chi connectivity index (χ0v) is 8.97. The number of hydrogen-bond acceptors (Lipinski definition) is 4. The molecule has 2 N–H and O–H groups in total. The first-order valence-electron chi connectivity index (χ1n) is 5.01. The number of H-pyrrole nitrogens is 1. The molecule has 2 rings (SSSR count). The molecule has 2 aromatic heterocycles. The standard InChI is InChI=1S/C10H13N5O/c1-15-7-6-14-9(10(15)16)13-3-2-8-11-4-5-12-8/h4-7H,2-3H2,1H3,(H,11,12)(H,13,14). The normalized spacial score (nSPS) is 10.3. The van der Waals surface area contributed by atoms with E-state index in [1.165, 1.54) is 4.57 Å². The van der Waals surface area contributed by atoms with Crippen LogP contribution in [0.4, 0.5) is 5.82 Å². The van der Waals surface area contributed by atoms with Crippen LogP contribution >= 0.6 is 0 Å². The van der Waals surface area contributed by atoms with Crippen molar-refractivity contribution in [2.75, 3.05) is 11.9 Å². The van der Waals surface area contributed by atoms with E-state index in [0.717, 1.165) is 12.2 Å². The Morgan fingerprint density at radius 3 is 3.06 bits per heavy atom. The van der Waals surface area contributed by atoms with Gasteiger partial charge in [-0.1, -0.05) is 0 Å². The van der Waals surface area contributed by atoms with Crippen LogP contribution in [0.15, 0.2) is 29.6 Å². The minimum atomic E-state index is -0.123. The SMILES string of the molecule is Cn1ccnc(NCCc2ncc[nH]2)c1=O. The summed E-state index contributed by atoms with van der Waals surface area (Å²) in [5, 5.41) is 2.99. The van der Waals surface area contributed by atoms with E-state index in [0.29, 0.717) is 12.4 Å². The van der Waals surface area contributed by atoms with Gasteiger partial charge in [-0.05, 0) is 0 Å². The Labute approximate surface area is 92.4 Å². The highest BCUT2D eigenvalue weighted by molar-refractivity contribution is 5.30. The second kappa shape index (κ2) is 4.61. The lowest BCUT2D eigenvalue weighted by atomic mass is 10.4. The van der Waals surface area contributed by atoms with E-state index in [4.69, 9.17) is 0 Å². The number of rotatable bonds is 4. The lowest BCUT2D eigenvalue weighted by Crippen LogP contribution is -2.22. The molecular formula is C10H13N5O. The van der Waals surface area contributed by atoms with Crippen molar-refractivity contribution >= 4 is 5.82 Å². The van der Waals surface area contributed by atoms with Gasteiger partial charge in [0.05, 0.1) is 0 Å². The summed E-state index contributed by atoms with van der Waals surface area (Å²) in [5.41, 5.74) is -0.123. The Balaban J connectivity index is 1.95. The van der Waals surface area contributed by atoms with Crippen molar-refractivity contribution in [1.82, 2.24) is 19.5 Å². The smallest absolute Gasteiger partial charge is 0.293 e. The van der Waals surface area contributed by atoms with Gasteiger partial charge in [0.1, 0.15) is 5.82 Å².